The second-order valence-electron chi connectivity index (χ2n) is 5.05. The number of nitrogens with one attached hydrogen (secondary N) is 1. The van der Waals surface area contributed by atoms with Gasteiger partial charge in [0, 0.05) is 11.3 Å². The van der Waals surface area contributed by atoms with Crippen molar-refractivity contribution in [3.8, 4) is 5.75 Å². The molecule has 0 aliphatic heterocycles. The average molecular weight is 335 g/mol. The molecular formula is C18H18NNaO4. The van der Waals surface area contributed by atoms with E-state index < -0.39 is 5.97 Å². The SMILES string of the molecule is CCCCOc1ccc(C(=O)Nc2ccc(C(=O)[O-])cc2)cc1.[Na+]. The zero-order valence-corrected chi connectivity index (χ0v) is 15.9. The fourth-order valence-corrected chi connectivity index (χ4v) is 1.93. The zero-order valence-electron chi connectivity index (χ0n) is 13.9. The Morgan fingerprint density at radius 2 is 1.58 bits per heavy atom. The minimum atomic E-state index is -1.25. The number of ether oxygens (including phenoxy) is 1. The molecule has 2 rings (SSSR count). The molecule has 0 saturated carbocycles. The van der Waals surface area contributed by atoms with Crippen molar-refractivity contribution in [1.82, 2.24) is 0 Å². The number of hydrogen-bond acceptors (Lipinski definition) is 4. The van der Waals surface area contributed by atoms with Crippen molar-refractivity contribution in [2.45, 2.75) is 19.8 Å². The summed E-state index contributed by atoms with van der Waals surface area (Å²) in [6, 6.07) is 12.7. The number of unbranched alkanes of at least 4 members (excludes halogenated alkanes) is 1. The Hall–Kier alpha value is -1.82. The van der Waals surface area contributed by atoms with Gasteiger partial charge in [-0.15, -0.1) is 0 Å². The Morgan fingerprint density at radius 3 is 2.12 bits per heavy atom. The summed E-state index contributed by atoms with van der Waals surface area (Å²) in [6.45, 7) is 2.75. The number of benzene rings is 2. The first kappa shape index (κ1) is 20.2. The summed E-state index contributed by atoms with van der Waals surface area (Å²) >= 11 is 0. The molecule has 2 aromatic rings. The van der Waals surface area contributed by atoms with Gasteiger partial charge in [0.1, 0.15) is 5.75 Å². The molecule has 120 valence electrons. The van der Waals surface area contributed by atoms with Crippen molar-refractivity contribution >= 4 is 17.6 Å². The van der Waals surface area contributed by atoms with Crippen LogP contribution in [0, 0.1) is 0 Å². The minimum absolute atomic E-state index is 0. The van der Waals surface area contributed by atoms with Crippen LogP contribution >= 0.6 is 0 Å². The molecule has 0 heterocycles. The summed E-state index contributed by atoms with van der Waals surface area (Å²) in [4.78, 5) is 22.8. The average Bonchev–Trinajstić information content (AvgIpc) is 2.56. The van der Waals surface area contributed by atoms with Crippen LogP contribution in [0.15, 0.2) is 48.5 Å². The van der Waals surface area contributed by atoms with Crippen molar-refractivity contribution in [3.63, 3.8) is 0 Å². The van der Waals surface area contributed by atoms with Crippen molar-refractivity contribution in [2.75, 3.05) is 11.9 Å². The Morgan fingerprint density at radius 1 is 1.00 bits per heavy atom. The van der Waals surface area contributed by atoms with Gasteiger partial charge in [-0.1, -0.05) is 25.5 Å². The van der Waals surface area contributed by atoms with E-state index in [9.17, 15) is 14.7 Å². The van der Waals surface area contributed by atoms with Gasteiger partial charge in [0.25, 0.3) is 5.91 Å². The van der Waals surface area contributed by atoms with Crippen molar-refractivity contribution in [2.24, 2.45) is 0 Å². The Kier molecular flexibility index (Phi) is 8.54. The summed E-state index contributed by atoms with van der Waals surface area (Å²) in [7, 11) is 0. The number of carbonyl (C=O) groups excluding carboxylic acids is 2. The predicted molar refractivity (Wildman–Crippen MR) is 85.6 cm³/mol. The van der Waals surface area contributed by atoms with E-state index >= 15 is 0 Å². The Bertz CT molecular complexity index is 668. The van der Waals surface area contributed by atoms with Crippen LogP contribution in [0.4, 0.5) is 5.69 Å². The molecule has 6 heteroatoms. The van der Waals surface area contributed by atoms with Gasteiger partial charge >= 0.3 is 29.6 Å². The van der Waals surface area contributed by atoms with Gasteiger partial charge in [-0.05, 0) is 48.4 Å². The molecule has 0 unspecified atom stereocenters. The number of aromatic carboxylic acids is 1. The molecule has 0 aliphatic carbocycles. The smallest absolute Gasteiger partial charge is 0.545 e. The summed E-state index contributed by atoms with van der Waals surface area (Å²) < 4.78 is 5.54. The predicted octanol–water partition coefficient (Wildman–Crippen LogP) is -0.515. The summed E-state index contributed by atoms with van der Waals surface area (Å²) in [6.07, 6.45) is 2.06. The topological polar surface area (TPSA) is 78.5 Å². The van der Waals surface area contributed by atoms with Crippen LogP contribution in [0.5, 0.6) is 5.75 Å². The standard InChI is InChI=1S/C18H19NO4.Na/c1-2-3-12-23-16-10-6-13(7-11-16)17(20)19-15-8-4-14(5-9-15)18(21)22;/h4-11H,2-3,12H2,1H3,(H,19,20)(H,21,22);/q;+1/p-1. The van der Waals surface area contributed by atoms with E-state index in [-0.39, 0.29) is 41.0 Å². The van der Waals surface area contributed by atoms with E-state index in [1.54, 1.807) is 24.3 Å². The van der Waals surface area contributed by atoms with E-state index in [2.05, 4.69) is 12.2 Å². The molecule has 24 heavy (non-hydrogen) atoms. The van der Waals surface area contributed by atoms with E-state index in [4.69, 9.17) is 4.74 Å². The third kappa shape index (κ3) is 6.00. The minimum Gasteiger partial charge on any atom is -0.545 e. The van der Waals surface area contributed by atoms with Gasteiger partial charge in [0.15, 0.2) is 0 Å². The van der Waals surface area contributed by atoms with Crippen LogP contribution in [-0.4, -0.2) is 18.5 Å². The van der Waals surface area contributed by atoms with Gasteiger partial charge in [0.2, 0.25) is 0 Å². The quantitative estimate of drug-likeness (QED) is 0.546. The van der Waals surface area contributed by atoms with E-state index in [1.807, 2.05) is 0 Å². The number of carbonyl (C=O) groups is 2. The maximum Gasteiger partial charge on any atom is 1.00 e. The first-order valence-electron chi connectivity index (χ1n) is 7.46. The molecule has 0 atom stereocenters. The zero-order chi connectivity index (χ0) is 16.7. The van der Waals surface area contributed by atoms with E-state index in [1.165, 1.54) is 24.3 Å². The van der Waals surface area contributed by atoms with Crippen LogP contribution in [0.1, 0.15) is 40.5 Å². The van der Waals surface area contributed by atoms with Gasteiger partial charge in [-0.2, -0.15) is 0 Å². The second-order valence-corrected chi connectivity index (χ2v) is 5.05. The molecule has 0 fully saturated rings. The molecule has 0 radical (unpaired) electrons. The molecule has 1 amide bonds. The largest absolute Gasteiger partial charge is 1.00 e. The first-order valence-corrected chi connectivity index (χ1v) is 7.46. The van der Waals surface area contributed by atoms with Crippen molar-refractivity contribution < 1.29 is 49.0 Å². The molecule has 2 aromatic carbocycles. The van der Waals surface area contributed by atoms with Crippen LogP contribution < -0.4 is 44.7 Å². The maximum absolute atomic E-state index is 12.1. The number of carboxylic acids is 1. The van der Waals surface area contributed by atoms with Gasteiger partial charge in [-0.25, -0.2) is 0 Å². The Labute approximate surface area is 163 Å². The normalized spacial score (nSPS) is 9.71. The van der Waals surface area contributed by atoms with Crippen LogP contribution in [0.25, 0.3) is 0 Å². The third-order valence-corrected chi connectivity index (χ3v) is 3.26. The molecule has 0 aromatic heterocycles. The molecule has 1 N–H and O–H groups in total. The Balaban J connectivity index is 0.00000288. The molecule has 0 aliphatic rings. The third-order valence-electron chi connectivity index (χ3n) is 3.26. The fourth-order valence-electron chi connectivity index (χ4n) is 1.93. The maximum atomic E-state index is 12.1. The first-order chi connectivity index (χ1) is 11.1. The summed E-state index contributed by atoms with van der Waals surface area (Å²) in [5.74, 6) is -0.791. The monoisotopic (exact) mass is 335 g/mol. The number of amides is 1. The molecule has 0 saturated heterocycles. The molecule has 5 nitrogen and oxygen atoms in total. The van der Waals surface area contributed by atoms with Gasteiger partial charge in [0.05, 0.1) is 12.6 Å². The number of carboxylic acid groups (broad SMARTS) is 1. The fraction of sp³-hybridized carbons (Fsp3) is 0.222. The molecule has 0 spiro atoms. The van der Waals surface area contributed by atoms with Gasteiger partial charge in [-0.3, -0.25) is 4.79 Å². The molecular weight excluding hydrogens is 317 g/mol. The number of rotatable bonds is 7. The van der Waals surface area contributed by atoms with Crippen molar-refractivity contribution in [3.05, 3.63) is 59.7 Å². The van der Waals surface area contributed by atoms with Crippen LogP contribution in [0.2, 0.25) is 0 Å². The van der Waals surface area contributed by atoms with Crippen LogP contribution in [0.3, 0.4) is 0 Å². The second kappa shape index (κ2) is 10.1. The van der Waals surface area contributed by atoms with E-state index in [0.717, 1.165) is 18.6 Å². The van der Waals surface area contributed by atoms with Crippen LogP contribution in [-0.2, 0) is 0 Å². The van der Waals surface area contributed by atoms with Gasteiger partial charge < -0.3 is 20.0 Å². The summed E-state index contributed by atoms with van der Waals surface area (Å²) in [5.41, 5.74) is 1.08. The number of anilines is 1. The summed E-state index contributed by atoms with van der Waals surface area (Å²) in [5, 5.41) is 13.4. The van der Waals surface area contributed by atoms with E-state index in [0.29, 0.717) is 17.9 Å². The van der Waals surface area contributed by atoms with Crippen molar-refractivity contribution in [1.29, 1.82) is 0 Å². The number of hydrogen-bond donors (Lipinski definition) is 1. The molecule has 0 bridgehead atoms.